The molecule has 0 N–H and O–H groups in total. The van der Waals surface area contributed by atoms with Gasteiger partial charge in [-0.05, 0) is 43.7 Å². The van der Waals surface area contributed by atoms with Crippen molar-refractivity contribution in [1.29, 1.82) is 0 Å². The quantitative estimate of drug-likeness (QED) is 0.282. The third kappa shape index (κ3) is 3.86. The van der Waals surface area contributed by atoms with Crippen LogP contribution in [0.15, 0.2) is 93.1 Å². The van der Waals surface area contributed by atoms with Crippen molar-refractivity contribution >= 4 is 23.2 Å². The molecule has 3 atom stereocenters. The van der Waals surface area contributed by atoms with Crippen molar-refractivity contribution in [2.24, 2.45) is 34.9 Å². The zero-order chi connectivity index (χ0) is 23.9. The highest BCUT2D eigenvalue weighted by molar-refractivity contribution is 7.07. The van der Waals surface area contributed by atoms with Gasteiger partial charge in [-0.3, -0.25) is 9.48 Å². The van der Waals surface area contributed by atoms with Gasteiger partial charge in [0.1, 0.15) is 0 Å². The number of hydrogen-bond acceptors (Lipinski definition) is 4. The molecule has 4 aromatic rings. The lowest BCUT2D eigenvalue weighted by Crippen LogP contribution is -2.20. The number of para-hydroxylation sites is 1. The molecule has 35 heavy (non-hydrogen) atoms. The van der Waals surface area contributed by atoms with Crippen molar-refractivity contribution in [2.75, 3.05) is 0 Å². The Morgan fingerprint density at radius 2 is 1.74 bits per heavy atom. The van der Waals surface area contributed by atoms with E-state index in [1.807, 2.05) is 71.9 Å². The maximum atomic E-state index is 13.5. The Kier molecular flexibility index (Phi) is 5.49. The third-order valence-electron chi connectivity index (χ3n) is 7.19. The molecule has 2 bridgehead atoms. The first-order valence-corrected chi connectivity index (χ1v) is 12.9. The average molecular weight is 482 g/mol. The number of aromatic nitrogens is 3. The molecule has 176 valence electrons. The highest BCUT2D eigenvalue weighted by Crippen LogP contribution is 2.42. The first kappa shape index (κ1) is 21.8. The summed E-state index contributed by atoms with van der Waals surface area (Å²) >= 11 is 1.50. The number of fused-ring (bicyclic) bond motifs is 2. The Morgan fingerprint density at radius 3 is 2.43 bits per heavy atom. The molecule has 2 aliphatic rings. The molecule has 2 aromatic heterocycles. The van der Waals surface area contributed by atoms with E-state index in [9.17, 15) is 4.79 Å². The van der Waals surface area contributed by atoms with E-state index >= 15 is 0 Å². The normalized spacial score (nSPS) is 21.5. The molecule has 0 spiro atoms. The van der Waals surface area contributed by atoms with Crippen molar-refractivity contribution in [3.63, 3.8) is 0 Å². The standard InChI is InChI=1S/C28H27N5OS/c1-19-26(27(34)33(31(19)2)24-11-7-4-8-12-24)30-28-32(25(18-35-28)21-9-5-3-6-10-21)29-17-23-16-20-13-14-22(23)15-20/h3-14,17-18,20,22-23H,15-16H2,1-2H3. The summed E-state index contributed by atoms with van der Waals surface area (Å²) in [4.78, 5) is 19.0. The molecule has 2 heterocycles. The molecule has 6 rings (SSSR count). The van der Waals surface area contributed by atoms with Gasteiger partial charge in [-0.15, -0.1) is 11.3 Å². The van der Waals surface area contributed by atoms with Crippen molar-refractivity contribution in [2.45, 2.75) is 19.8 Å². The second-order valence-corrected chi connectivity index (χ2v) is 10.1. The number of thiazole rings is 1. The fourth-order valence-corrected chi connectivity index (χ4v) is 6.06. The lowest BCUT2D eigenvalue weighted by atomic mass is 9.95. The number of nitrogens with zero attached hydrogens (tertiary/aromatic N) is 5. The largest absolute Gasteiger partial charge is 0.297 e. The molecule has 2 aromatic carbocycles. The summed E-state index contributed by atoms with van der Waals surface area (Å²) in [5, 5.41) is 7.01. The summed E-state index contributed by atoms with van der Waals surface area (Å²) in [6.45, 7) is 1.93. The van der Waals surface area contributed by atoms with E-state index in [-0.39, 0.29) is 5.56 Å². The minimum absolute atomic E-state index is 0.139. The Hall–Kier alpha value is -3.71. The minimum atomic E-state index is -0.139. The van der Waals surface area contributed by atoms with Crippen LogP contribution in [0, 0.1) is 24.7 Å². The van der Waals surface area contributed by atoms with E-state index in [2.05, 4.69) is 35.9 Å². The molecule has 7 heteroatoms. The SMILES string of the molecule is Cc1c(N=c2scc(-c3ccccc3)n2N=CC2CC3C=CC2C3)c(=O)n(-c2ccccc2)n1C. The predicted molar refractivity (Wildman–Crippen MR) is 141 cm³/mol. The summed E-state index contributed by atoms with van der Waals surface area (Å²) in [6, 6.07) is 19.9. The Balaban J connectivity index is 1.48. The van der Waals surface area contributed by atoms with Gasteiger partial charge in [0.05, 0.1) is 17.1 Å². The van der Waals surface area contributed by atoms with Gasteiger partial charge in [0, 0.05) is 30.1 Å². The van der Waals surface area contributed by atoms with Gasteiger partial charge < -0.3 is 0 Å². The fraction of sp³-hybridized carbons (Fsp3) is 0.250. The van der Waals surface area contributed by atoms with Crippen LogP contribution in [0.5, 0.6) is 0 Å². The maximum absolute atomic E-state index is 13.5. The molecular formula is C28H27N5OS. The maximum Gasteiger partial charge on any atom is 0.297 e. The summed E-state index contributed by atoms with van der Waals surface area (Å²) in [6.07, 6.45) is 9.16. The average Bonchev–Trinajstić information content (AvgIpc) is 3.65. The van der Waals surface area contributed by atoms with Crippen LogP contribution in [-0.2, 0) is 7.05 Å². The molecule has 6 nitrogen and oxygen atoms in total. The molecule has 0 radical (unpaired) electrons. The first-order chi connectivity index (χ1) is 17.1. The Labute approximate surface area is 207 Å². The Morgan fingerprint density at radius 1 is 1.00 bits per heavy atom. The molecule has 0 amide bonds. The van der Waals surface area contributed by atoms with Crippen LogP contribution in [0.2, 0.25) is 0 Å². The van der Waals surface area contributed by atoms with Crippen molar-refractivity contribution in [3.8, 4) is 16.9 Å². The third-order valence-corrected chi connectivity index (χ3v) is 8.01. The van der Waals surface area contributed by atoms with Crippen LogP contribution in [0.4, 0.5) is 5.69 Å². The second-order valence-electron chi connectivity index (χ2n) is 9.31. The van der Waals surface area contributed by atoms with Crippen LogP contribution in [-0.4, -0.2) is 20.3 Å². The van der Waals surface area contributed by atoms with Crippen LogP contribution in [0.25, 0.3) is 16.9 Å². The van der Waals surface area contributed by atoms with Gasteiger partial charge >= 0.3 is 0 Å². The van der Waals surface area contributed by atoms with E-state index in [0.29, 0.717) is 28.2 Å². The number of hydrogen-bond donors (Lipinski definition) is 0. The zero-order valence-corrected chi connectivity index (χ0v) is 20.6. The van der Waals surface area contributed by atoms with Gasteiger partial charge in [-0.1, -0.05) is 60.7 Å². The number of rotatable bonds is 5. The van der Waals surface area contributed by atoms with E-state index in [4.69, 9.17) is 10.1 Å². The fourth-order valence-electron chi connectivity index (χ4n) is 5.22. The van der Waals surface area contributed by atoms with Gasteiger partial charge in [0.25, 0.3) is 5.56 Å². The highest BCUT2D eigenvalue weighted by atomic mass is 32.1. The van der Waals surface area contributed by atoms with E-state index in [0.717, 1.165) is 29.1 Å². The topological polar surface area (TPSA) is 56.6 Å². The lowest BCUT2D eigenvalue weighted by molar-refractivity contribution is 0.590. The molecule has 2 aliphatic carbocycles. The zero-order valence-electron chi connectivity index (χ0n) is 19.8. The summed E-state index contributed by atoms with van der Waals surface area (Å²) in [5.41, 5.74) is 3.96. The minimum Gasteiger partial charge on any atom is -0.283 e. The molecular weight excluding hydrogens is 454 g/mol. The molecule has 3 unspecified atom stereocenters. The van der Waals surface area contributed by atoms with Crippen molar-refractivity contribution < 1.29 is 0 Å². The van der Waals surface area contributed by atoms with Crippen LogP contribution < -0.4 is 10.4 Å². The molecule has 1 saturated carbocycles. The first-order valence-electron chi connectivity index (χ1n) is 12.0. The summed E-state index contributed by atoms with van der Waals surface area (Å²) in [7, 11) is 1.89. The highest BCUT2D eigenvalue weighted by Gasteiger charge is 2.34. The smallest absolute Gasteiger partial charge is 0.283 e. The predicted octanol–water partition coefficient (Wildman–Crippen LogP) is 5.29. The van der Waals surface area contributed by atoms with Crippen LogP contribution >= 0.6 is 11.3 Å². The number of benzene rings is 2. The van der Waals surface area contributed by atoms with E-state index in [1.165, 1.54) is 17.8 Å². The van der Waals surface area contributed by atoms with E-state index in [1.54, 1.807) is 4.68 Å². The Bertz CT molecular complexity index is 1550. The van der Waals surface area contributed by atoms with Crippen molar-refractivity contribution in [3.05, 3.63) is 99.0 Å². The lowest BCUT2D eigenvalue weighted by Gasteiger charge is -2.12. The van der Waals surface area contributed by atoms with Gasteiger partial charge in [-0.25, -0.2) is 14.4 Å². The molecule has 0 saturated heterocycles. The monoisotopic (exact) mass is 481 g/mol. The molecule has 1 fully saturated rings. The molecule has 0 aliphatic heterocycles. The number of allylic oxidation sites excluding steroid dienone is 2. The second kappa shape index (κ2) is 8.82. The summed E-state index contributed by atoms with van der Waals surface area (Å²) < 4.78 is 5.42. The van der Waals surface area contributed by atoms with Gasteiger partial charge in [-0.2, -0.15) is 5.10 Å². The van der Waals surface area contributed by atoms with Gasteiger partial charge in [0.15, 0.2) is 5.69 Å². The van der Waals surface area contributed by atoms with Crippen LogP contribution in [0.1, 0.15) is 18.5 Å². The van der Waals surface area contributed by atoms with E-state index < -0.39 is 0 Å². The van der Waals surface area contributed by atoms with Crippen LogP contribution in [0.3, 0.4) is 0 Å². The summed E-state index contributed by atoms with van der Waals surface area (Å²) in [5.74, 6) is 1.71. The van der Waals surface area contributed by atoms with Crippen molar-refractivity contribution in [1.82, 2.24) is 14.0 Å². The van der Waals surface area contributed by atoms with Gasteiger partial charge in [0.2, 0.25) is 4.80 Å².